The van der Waals surface area contributed by atoms with E-state index in [0.29, 0.717) is 44.4 Å². The number of hydrogen-bond donors (Lipinski definition) is 2. The maximum atomic E-state index is 13.6. The highest BCUT2D eigenvalue weighted by Crippen LogP contribution is 2.33. The minimum atomic E-state index is -0.601. The van der Waals surface area contributed by atoms with E-state index in [0.717, 1.165) is 45.1 Å². The Labute approximate surface area is 166 Å². The number of alkyl halides is 1. The number of nitrogens with zero attached hydrogens (tertiary/aromatic N) is 1. The highest BCUT2D eigenvalue weighted by atomic mass is 19.1. The van der Waals surface area contributed by atoms with Crippen molar-refractivity contribution < 1.29 is 18.7 Å². The molecule has 7 heteroatoms. The van der Waals surface area contributed by atoms with Gasteiger partial charge in [-0.2, -0.15) is 0 Å². The van der Waals surface area contributed by atoms with Gasteiger partial charge in [-0.1, -0.05) is 12.8 Å². The number of carbonyl (C=O) groups is 2. The molecule has 3 heterocycles. The second kappa shape index (κ2) is 9.08. The Morgan fingerprint density at radius 3 is 2.71 bits per heavy atom. The molecule has 4 rings (SSSR count). The Morgan fingerprint density at radius 2 is 2.04 bits per heavy atom. The van der Waals surface area contributed by atoms with E-state index in [1.165, 1.54) is 6.42 Å². The lowest BCUT2D eigenvalue weighted by Crippen LogP contribution is -2.58. The van der Waals surface area contributed by atoms with Crippen LogP contribution in [0.25, 0.3) is 0 Å². The van der Waals surface area contributed by atoms with Gasteiger partial charge >= 0.3 is 0 Å². The lowest BCUT2D eigenvalue weighted by molar-refractivity contribution is -0.152. The monoisotopic (exact) mass is 395 g/mol. The van der Waals surface area contributed by atoms with E-state index in [1.807, 2.05) is 4.90 Å². The van der Waals surface area contributed by atoms with Gasteiger partial charge in [0.15, 0.2) is 0 Å². The molecule has 4 fully saturated rings. The number of amides is 2. The van der Waals surface area contributed by atoms with Crippen LogP contribution in [-0.2, 0) is 14.3 Å². The Hall–Kier alpha value is -1.21. The molecule has 5 unspecified atom stereocenters. The zero-order valence-corrected chi connectivity index (χ0v) is 16.7. The topological polar surface area (TPSA) is 70.7 Å². The second-order valence-corrected chi connectivity index (χ2v) is 9.25. The molecule has 0 aromatic carbocycles. The lowest BCUT2D eigenvalue weighted by atomic mass is 9.80. The van der Waals surface area contributed by atoms with Crippen LogP contribution >= 0.6 is 0 Å². The Balaban J connectivity index is 1.19. The molecule has 4 aliphatic rings. The van der Waals surface area contributed by atoms with Gasteiger partial charge in [0.25, 0.3) is 0 Å². The third kappa shape index (κ3) is 4.85. The normalized spacial score (nSPS) is 37.4. The highest BCUT2D eigenvalue weighted by Gasteiger charge is 2.37. The van der Waals surface area contributed by atoms with Crippen molar-refractivity contribution in [1.82, 2.24) is 15.5 Å². The minimum Gasteiger partial charge on any atom is -0.377 e. The van der Waals surface area contributed by atoms with Gasteiger partial charge in [0.05, 0.1) is 31.3 Å². The van der Waals surface area contributed by atoms with Crippen LogP contribution in [0.3, 0.4) is 0 Å². The smallest absolute Gasteiger partial charge is 0.226 e. The molecule has 1 aliphatic carbocycles. The summed E-state index contributed by atoms with van der Waals surface area (Å²) in [5.41, 5.74) is 0. The molecule has 5 atom stereocenters. The van der Waals surface area contributed by atoms with Gasteiger partial charge in [0, 0.05) is 13.0 Å². The molecule has 0 spiro atoms. The number of halogens is 1. The largest absolute Gasteiger partial charge is 0.377 e. The van der Waals surface area contributed by atoms with E-state index in [1.54, 1.807) is 0 Å². The fourth-order valence-electron chi connectivity index (χ4n) is 5.28. The van der Waals surface area contributed by atoms with Crippen LogP contribution in [0.1, 0.15) is 57.8 Å². The van der Waals surface area contributed by atoms with Crippen LogP contribution < -0.4 is 10.6 Å². The third-order valence-corrected chi connectivity index (χ3v) is 7.09. The fourth-order valence-corrected chi connectivity index (χ4v) is 5.28. The fraction of sp³-hybridized carbons (Fsp3) is 0.905. The molecule has 0 aromatic heterocycles. The molecule has 3 aliphatic heterocycles. The average Bonchev–Trinajstić information content (AvgIpc) is 2.64. The van der Waals surface area contributed by atoms with Gasteiger partial charge in [0.2, 0.25) is 11.8 Å². The first-order valence-electron chi connectivity index (χ1n) is 11.1. The number of rotatable bonds is 5. The van der Waals surface area contributed by atoms with Gasteiger partial charge in [0.1, 0.15) is 6.17 Å². The number of likely N-dealkylation sites (tertiary alicyclic amines) is 1. The first kappa shape index (κ1) is 20.1. The summed E-state index contributed by atoms with van der Waals surface area (Å²) >= 11 is 0. The SMILES string of the molecule is O=C(NC1CCC(CC2CCCC(F)C2)CN1)C1CCC(=O)N(C2COC2)C1. The van der Waals surface area contributed by atoms with Crippen molar-refractivity contribution in [1.29, 1.82) is 0 Å². The second-order valence-electron chi connectivity index (χ2n) is 9.25. The first-order valence-corrected chi connectivity index (χ1v) is 11.1. The van der Waals surface area contributed by atoms with Crippen LogP contribution in [0.2, 0.25) is 0 Å². The number of ether oxygens (including phenoxy) is 1. The van der Waals surface area contributed by atoms with Crippen molar-refractivity contribution in [2.45, 2.75) is 76.2 Å². The zero-order chi connectivity index (χ0) is 19.5. The average molecular weight is 396 g/mol. The molecule has 28 heavy (non-hydrogen) atoms. The minimum absolute atomic E-state index is 0.0159. The zero-order valence-electron chi connectivity index (χ0n) is 16.7. The summed E-state index contributed by atoms with van der Waals surface area (Å²) in [6.45, 7) is 2.60. The predicted molar refractivity (Wildman–Crippen MR) is 103 cm³/mol. The quantitative estimate of drug-likeness (QED) is 0.747. The molecule has 1 saturated carbocycles. The molecular weight excluding hydrogens is 361 g/mol. The summed E-state index contributed by atoms with van der Waals surface area (Å²) in [5.74, 6) is 1.20. The van der Waals surface area contributed by atoms with Gasteiger partial charge < -0.3 is 15.0 Å². The summed E-state index contributed by atoms with van der Waals surface area (Å²) in [7, 11) is 0. The van der Waals surface area contributed by atoms with Crippen molar-refractivity contribution in [3.05, 3.63) is 0 Å². The maximum absolute atomic E-state index is 13.6. The summed E-state index contributed by atoms with van der Waals surface area (Å²) in [6, 6.07) is 0.153. The van der Waals surface area contributed by atoms with E-state index in [9.17, 15) is 14.0 Å². The Bertz CT molecular complexity index is 563. The van der Waals surface area contributed by atoms with Crippen molar-refractivity contribution in [3.63, 3.8) is 0 Å². The van der Waals surface area contributed by atoms with E-state index in [4.69, 9.17) is 4.74 Å². The summed E-state index contributed by atoms with van der Waals surface area (Å²) in [4.78, 5) is 26.7. The summed E-state index contributed by atoms with van der Waals surface area (Å²) < 4.78 is 18.8. The molecule has 2 amide bonds. The van der Waals surface area contributed by atoms with Crippen LogP contribution in [0, 0.1) is 17.8 Å². The molecule has 6 nitrogen and oxygen atoms in total. The van der Waals surface area contributed by atoms with E-state index >= 15 is 0 Å². The van der Waals surface area contributed by atoms with Crippen molar-refractivity contribution >= 4 is 11.8 Å². The Kier molecular flexibility index (Phi) is 6.51. The van der Waals surface area contributed by atoms with Crippen molar-refractivity contribution in [2.24, 2.45) is 17.8 Å². The predicted octanol–water partition coefficient (Wildman–Crippen LogP) is 1.98. The third-order valence-electron chi connectivity index (χ3n) is 7.09. The first-order chi connectivity index (χ1) is 13.6. The number of nitrogens with one attached hydrogen (secondary N) is 2. The maximum Gasteiger partial charge on any atom is 0.226 e. The van der Waals surface area contributed by atoms with E-state index < -0.39 is 6.17 Å². The standard InChI is InChI=1S/C21H34FN3O3/c22-17-3-1-2-14(9-17)8-15-4-6-19(23-10-15)24-21(27)16-5-7-20(26)25(11-16)18-12-28-13-18/h14-19,23H,1-13H2,(H,24,27). The van der Waals surface area contributed by atoms with Gasteiger partial charge in [-0.3, -0.25) is 14.9 Å². The molecule has 158 valence electrons. The molecule has 3 saturated heterocycles. The molecular formula is C21H34FN3O3. The van der Waals surface area contributed by atoms with Crippen molar-refractivity contribution in [2.75, 3.05) is 26.3 Å². The van der Waals surface area contributed by atoms with Crippen LogP contribution in [0.5, 0.6) is 0 Å². The van der Waals surface area contributed by atoms with Crippen LogP contribution in [0.15, 0.2) is 0 Å². The number of piperidine rings is 2. The molecule has 2 N–H and O–H groups in total. The van der Waals surface area contributed by atoms with Crippen LogP contribution in [-0.4, -0.2) is 61.4 Å². The molecule has 0 bridgehead atoms. The summed E-state index contributed by atoms with van der Waals surface area (Å²) in [5, 5.41) is 6.63. The van der Waals surface area contributed by atoms with Crippen LogP contribution in [0.4, 0.5) is 4.39 Å². The number of hydrogen-bond acceptors (Lipinski definition) is 4. The highest BCUT2D eigenvalue weighted by molar-refractivity contribution is 5.84. The summed E-state index contributed by atoms with van der Waals surface area (Å²) in [6.07, 6.45) is 7.29. The van der Waals surface area contributed by atoms with E-state index in [2.05, 4.69) is 10.6 Å². The Morgan fingerprint density at radius 1 is 1.18 bits per heavy atom. The van der Waals surface area contributed by atoms with Crippen molar-refractivity contribution in [3.8, 4) is 0 Å². The van der Waals surface area contributed by atoms with Gasteiger partial charge in [-0.05, 0) is 56.9 Å². The molecule has 0 radical (unpaired) electrons. The van der Waals surface area contributed by atoms with Gasteiger partial charge in [-0.25, -0.2) is 4.39 Å². The van der Waals surface area contributed by atoms with Gasteiger partial charge in [-0.15, -0.1) is 0 Å². The molecule has 0 aromatic rings. The number of carbonyl (C=O) groups excluding carboxylic acids is 2. The lowest BCUT2D eigenvalue weighted by Gasteiger charge is -2.42. The van der Waals surface area contributed by atoms with E-state index in [-0.39, 0.29) is 29.9 Å².